The number of benzene rings is 1. The molecule has 0 aliphatic heterocycles. The number of aryl methyl sites for hydroxylation is 2. The third-order valence-electron chi connectivity index (χ3n) is 6.60. The van der Waals surface area contributed by atoms with Crippen LogP contribution in [0.15, 0.2) is 18.2 Å². The van der Waals surface area contributed by atoms with Crippen molar-refractivity contribution in [3.8, 4) is 0 Å². The molecule has 2 fully saturated rings. The van der Waals surface area contributed by atoms with Gasteiger partial charge in [0.1, 0.15) is 0 Å². The molecule has 21 heavy (non-hydrogen) atoms. The summed E-state index contributed by atoms with van der Waals surface area (Å²) in [6.07, 6.45) is 14.9. The second kappa shape index (κ2) is 5.12. The third kappa shape index (κ3) is 2.65. The Kier molecular flexibility index (Phi) is 3.37. The molecule has 0 bridgehead atoms. The van der Waals surface area contributed by atoms with Crippen LogP contribution < -0.4 is 0 Å². The number of fused-ring (bicyclic) bond motifs is 1. The predicted octanol–water partition coefficient (Wildman–Crippen LogP) is 4.58. The van der Waals surface area contributed by atoms with E-state index < -0.39 is 5.60 Å². The summed E-state index contributed by atoms with van der Waals surface area (Å²) in [5.41, 5.74) is 4.63. The minimum absolute atomic E-state index is 0.430. The topological polar surface area (TPSA) is 20.2 Å². The Bertz CT molecular complexity index is 515. The highest BCUT2D eigenvalue weighted by Crippen LogP contribution is 2.51. The Morgan fingerprint density at radius 2 is 1.52 bits per heavy atom. The van der Waals surface area contributed by atoms with Crippen molar-refractivity contribution in [1.82, 2.24) is 0 Å². The van der Waals surface area contributed by atoms with Crippen molar-refractivity contribution in [2.75, 3.05) is 0 Å². The van der Waals surface area contributed by atoms with Crippen LogP contribution in [0.25, 0.3) is 0 Å². The molecule has 1 aromatic carbocycles. The smallest absolute Gasteiger partial charge is 0.0688 e. The molecule has 1 N–H and O–H groups in total. The van der Waals surface area contributed by atoms with E-state index in [1.54, 1.807) is 11.1 Å². The van der Waals surface area contributed by atoms with E-state index in [-0.39, 0.29) is 0 Å². The van der Waals surface area contributed by atoms with E-state index in [0.717, 1.165) is 19.3 Å². The Hall–Kier alpha value is -0.820. The van der Waals surface area contributed by atoms with Crippen LogP contribution in [0.4, 0.5) is 0 Å². The molecule has 3 aliphatic rings. The molecule has 0 radical (unpaired) electrons. The molecule has 2 saturated carbocycles. The van der Waals surface area contributed by atoms with Crippen LogP contribution in [0.5, 0.6) is 0 Å². The molecule has 0 unspecified atom stereocenters. The number of hydrogen-bond acceptors (Lipinski definition) is 1. The van der Waals surface area contributed by atoms with Gasteiger partial charge in [-0.15, -0.1) is 0 Å². The zero-order valence-corrected chi connectivity index (χ0v) is 13.2. The van der Waals surface area contributed by atoms with Crippen LogP contribution in [0.3, 0.4) is 0 Å². The second-order valence-electron chi connectivity index (χ2n) is 8.06. The summed E-state index contributed by atoms with van der Waals surface area (Å²) in [5, 5.41) is 11.0. The molecular weight excluding hydrogens is 256 g/mol. The molecule has 1 spiro atoms. The van der Waals surface area contributed by atoms with Gasteiger partial charge in [0, 0.05) is 6.42 Å². The van der Waals surface area contributed by atoms with E-state index in [1.807, 2.05) is 0 Å². The fourth-order valence-electron chi connectivity index (χ4n) is 5.16. The fourth-order valence-corrected chi connectivity index (χ4v) is 5.16. The monoisotopic (exact) mass is 284 g/mol. The van der Waals surface area contributed by atoms with E-state index in [4.69, 9.17) is 0 Å². The highest BCUT2D eigenvalue weighted by molar-refractivity contribution is 5.35. The molecule has 0 heterocycles. The molecule has 1 aromatic rings. The molecule has 1 nitrogen and oxygen atoms in total. The summed E-state index contributed by atoms with van der Waals surface area (Å²) in [7, 11) is 0. The minimum atomic E-state index is -0.430. The van der Waals surface area contributed by atoms with E-state index in [2.05, 4.69) is 18.2 Å². The highest BCUT2D eigenvalue weighted by atomic mass is 16.3. The molecule has 0 aromatic heterocycles. The maximum Gasteiger partial charge on any atom is 0.0688 e. The second-order valence-corrected chi connectivity index (χ2v) is 8.06. The van der Waals surface area contributed by atoms with Gasteiger partial charge in [0.15, 0.2) is 0 Å². The molecule has 3 aliphatic carbocycles. The van der Waals surface area contributed by atoms with Crippen molar-refractivity contribution in [2.45, 2.75) is 82.7 Å². The molecule has 1 heteroatoms. The zero-order valence-electron chi connectivity index (χ0n) is 13.2. The van der Waals surface area contributed by atoms with Crippen LogP contribution in [0.2, 0.25) is 0 Å². The first kappa shape index (κ1) is 13.8. The number of aliphatic hydroxyl groups is 1. The molecule has 114 valence electrons. The summed E-state index contributed by atoms with van der Waals surface area (Å²) in [6.45, 7) is 0. The lowest BCUT2D eigenvalue weighted by Crippen LogP contribution is -2.39. The van der Waals surface area contributed by atoms with Crippen molar-refractivity contribution in [3.05, 3.63) is 34.9 Å². The third-order valence-corrected chi connectivity index (χ3v) is 6.60. The standard InChI is InChI=1S/C20H28O/c21-20(12-10-19(11-13-20)8-1-2-9-19)15-16-6-7-17-4-3-5-18(17)14-16/h6-7,14,21H,1-5,8-13,15H2. The summed E-state index contributed by atoms with van der Waals surface area (Å²) < 4.78 is 0. The number of rotatable bonds is 2. The molecule has 0 saturated heterocycles. The predicted molar refractivity (Wildman–Crippen MR) is 86.5 cm³/mol. The van der Waals surface area contributed by atoms with Crippen LogP contribution in [0.1, 0.15) is 74.5 Å². The highest BCUT2D eigenvalue weighted by Gasteiger charge is 2.42. The van der Waals surface area contributed by atoms with Gasteiger partial charge >= 0.3 is 0 Å². The average molecular weight is 284 g/mol. The van der Waals surface area contributed by atoms with Crippen LogP contribution in [-0.2, 0) is 19.3 Å². The lowest BCUT2D eigenvalue weighted by molar-refractivity contribution is -0.0322. The van der Waals surface area contributed by atoms with E-state index in [0.29, 0.717) is 5.41 Å². The normalized spacial score (nSPS) is 26.1. The van der Waals surface area contributed by atoms with Crippen molar-refractivity contribution in [1.29, 1.82) is 0 Å². The van der Waals surface area contributed by atoms with Gasteiger partial charge in [0.2, 0.25) is 0 Å². The summed E-state index contributed by atoms with van der Waals surface area (Å²) in [6, 6.07) is 6.95. The Morgan fingerprint density at radius 3 is 2.29 bits per heavy atom. The van der Waals surface area contributed by atoms with Crippen molar-refractivity contribution in [2.24, 2.45) is 5.41 Å². The largest absolute Gasteiger partial charge is 0.390 e. The summed E-state index contributed by atoms with van der Waals surface area (Å²) in [4.78, 5) is 0. The van der Waals surface area contributed by atoms with E-state index >= 15 is 0 Å². The minimum Gasteiger partial charge on any atom is -0.390 e. The molecule has 0 atom stereocenters. The van der Waals surface area contributed by atoms with Gasteiger partial charge in [-0.25, -0.2) is 0 Å². The lowest BCUT2D eigenvalue weighted by atomic mass is 9.66. The lowest BCUT2D eigenvalue weighted by Gasteiger charge is -2.42. The maximum atomic E-state index is 11.0. The summed E-state index contributed by atoms with van der Waals surface area (Å²) in [5.74, 6) is 0. The Labute approximate surface area is 128 Å². The first-order valence-corrected chi connectivity index (χ1v) is 9.00. The Morgan fingerprint density at radius 1 is 0.810 bits per heavy atom. The van der Waals surface area contributed by atoms with Gasteiger partial charge in [-0.05, 0) is 79.9 Å². The van der Waals surface area contributed by atoms with Gasteiger partial charge in [0.05, 0.1) is 5.60 Å². The van der Waals surface area contributed by atoms with Gasteiger partial charge in [-0.3, -0.25) is 0 Å². The van der Waals surface area contributed by atoms with Crippen LogP contribution in [-0.4, -0.2) is 10.7 Å². The van der Waals surface area contributed by atoms with Crippen molar-refractivity contribution in [3.63, 3.8) is 0 Å². The quantitative estimate of drug-likeness (QED) is 0.842. The molecular formula is C20H28O. The zero-order chi connectivity index (χ0) is 14.3. The van der Waals surface area contributed by atoms with Gasteiger partial charge in [-0.2, -0.15) is 0 Å². The summed E-state index contributed by atoms with van der Waals surface area (Å²) >= 11 is 0. The van der Waals surface area contributed by atoms with Crippen LogP contribution >= 0.6 is 0 Å². The number of hydrogen-bond donors (Lipinski definition) is 1. The molecule has 4 rings (SSSR count). The SMILES string of the molecule is OC1(Cc2ccc3c(c2)CCC3)CCC2(CCCC2)CC1. The molecule has 0 amide bonds. The first-order valence-electron chi connectivity index (χ1n) is 9.00. The van der Waals surface area contributed by atoms with Gasteiger partial charge < -0.3 is 5.11 Å². The van der Waals surface area contributed by atoms with Gasteiger partial charge in [-0.1, -0.05) is 31.0 Å². The van der Waals surface area contributed by atoms with E-state index in [9.17, 15) is 5.11 Å². The Balaban J connectivity index is 1.44. The fraction of sp³-hybridized carbons (Fsp3) is 0.700. The van der Waals surface area contributed by atoms with Crippen molar-refractivity contribution >= 4 is 0 Å². The first-order chi connectivity index (χ1) is 10.2. The maximum absolute atomic E-state index is 11.0. The average Bonchev–Trinajstić information content (AvgIpc) is 3.12. The van der Waals surface area contributed by atoms with E-state index in [1.165, 1.54) is 63.4 Å². The van der Waals surface area contributed by atoms with Crippen LogP contribution in [0, 0.1) is 5.41 Å². The van der Waals surface area contributed by atoms with Gasteiger partial charge in [0.25, 0.3) is 0 Å². The van der Waals surface area contributed by atoms with Crippen molar-refractivity contribution < 1.29 is 5.11 Å².